The lowest BCUT2D eigenvalue weighted by atomic mass is 10.1. The highest BCUT2D eigenvalue weighted by Gasteiger charge is 2.19. The largest absolute Gasteiger partial charge is 0.493 e. The minimum absolute atomic E-state index is 0.677. The molecule has 2 aliphatic heterocycles. The summed E-state index contributed by atoms with van der Waals surface area (Å²) in [6.45, 7) is 1.76. The Morgan fingerprint density at radius 2 is 2.41 bits per heavy atom. The van der Waals surface area contributed by atoms with Crippen LogP contribution in [-0.2, 0) is 13.0 Å². The molecule has 0 bridgehead atoms. The Labute approximate surface area is 115 Å². The average Bonchev–Trinajstić information content (AvgIpc) is 2.95. The molecular weight excluding hydrogens is 298 g/mol. The normalized spacial score (nSPS) is 22.5. The number of hydrogen-bond donors (Lipinski definition) is 1. The Morgan fingerprint density at radius 3 is 3.24 bits per heavy atom. The van der Waals surface area contributed by atoms with Crippen LogP contribution in [0.1, 0.15) is 17.5 Å². The predicted octanol–water partition coefficient (Wildman–Crippen LogP) is 2.98. The molecule has 1 aromatic rings. The van der Waals surface area contributed by atoms with Gasteiger partial charge in [0.1, 0.15) is 5.75 Å². The van der Waals surface area contributed by atoms with E-state index in [2.05, 4.69) is 33.4 Å². The van der Waals surface area contributed by atoms with E-state index < -0.39 is 0 Å². The van der Waals surface area contributed by atoms with E-state index in [4.69, 9.17) is 4.74 Å². The number of thioether (sulfide) groups is 1. The van der Waals surface area contributed by atoms with Crippen LogP contribution < -0.4 is 10.1 Å². The maximum atomic E-state index is 5.73. The highest BCUT2D eigenvalue weighted by molar-refractivity contribution is 9.10. The molecule has 0 spiro atoms. The van der Waals surface area contributed by atoms with Crippen LogP contribution in [-0.4, -0.2) is 24.2 Å². The van der Waals surface area contributed by atoms with Crippen LogP contribution in [0.4, 0.5) is 0 Å². The molecule has 1 atom stereocenters. The van der Waals surface area contributed by atoms with Gasteiger partial charge in [-0.3, -0.25) is 0 Å². The fourth-order valence-corrected chi connectivity index (χ4v) is 4.17. The molecule has 1 saturated heterocycles. The third-order valence-electron chi connectivity index (χ3n) is 3.34. The van der Waals surface area contributed by atoms with E-state index >= 15 is 0 Å². The van der Waals surface area contributed by atoms with Crippen LogP contribution in [0.25, 0.3) is 0 Å². The molecule has 1 N–H and O–H groups in total. The van der Waals surface area contributed by atoms with E-state index in [-0.39, 0.29) is 0 Å². The summed E-state index contributed by atoms with van der Waals surface area (Å²) < 4.78 is 6.90. The maximum Gasteiger partial charge on any atom is 0.127 e. The summed E-state index contributed by atoms with van der Waals surface area (Å²) >= 11 is 5.62. The van der Waals surface area contributed by atoms with Crippen molar-refractivity contribution in [3.8, 4) is 5.75 Å². The molecule has 3 rings (SSSR count). The maximum absolute atomic E-state index is 5.73. The minimum atomic E-state index is 0.677. The van der Waals surface area contributed by atoms with Crippen LogP contribution in [0.3, 0.4) is 0 Å². The van der Waals surface area contributed by atoms with Crippen molar-refractivity contribution in [3.63, 3.8) is 0 Å². The lowest BCUT2D eigenvalue weighted by Crippen LogP contribution is -2.28. The van der Waals surface area contributed by atoms with Gasteiger partial charge in [0.15, 0.2) is 0 Å². The SMILES string of the molecule is Brc1cc2c(c(CNC3CCSC3)c1)OCC2. The molecule has 0 aliphatic carbocycles. The Kier molecular flexibility index (Phi) is 3.64. The quantitative estimate of drug-likeness (QED) is 0.927. The zero-order valence-electron chi connectivity index (χ0n) is 9.67. The van der Waals surface area contributed by atoms with Gasteiger partial charge in [-0.2, -0.15) is 11.8 Å². The molecule has 17 heavy (non-hydrogen) atoms. The third kappa shape index (κ3) is 2.64. The lowest BCUT2D eigenvalue weighted by molar-refractivity contribution is 0.351. The van der Waals surface area contributed by atoms with Gasteiger partial charge in [-0.15, -0.1) is 0 Å². The van der Waals surface area contributed by atoms with E-state index in [1.165, 1.54) is 33.5 Å². The zero-order chi connectivity index (χ0) is 11.7. The van der Waals surface area contributed by atoms with Crippen molar-refractivity contribution in [2.45, 2.75) is 25.4 Å². The van der Waals surface area contributed by atoms with Crippen LogP contribution in [0, 0.1) is 0 Å². The van der Waals surface area contributed by atoms with E-state index in [1.54, 1.807) is 0 Å². The van der Waals surface area contributed by atoms with Gasteiger partial charge >= 0.3 is 0 Å². The van der Waals surface area contributed by atoms with Crippen molar-refractivity contribution in [1.29, 1.82) is 0 Å². The van der Waals surface area contributed by atoms with Gasteiger partial charge in [0.25, 0.3) is 0 Å². The summed E-state index contributed by atoms with van der Waals surface area (Å²) in [5, 5.41) is 3.63. The molecule has 0 radical (unpaired) electrons. The first-order valence-electron chi connectivity index (χ1n) is 6.08. The van der Waals surface area contributed by atoms with Crippen molar-refractivity contribution >= 4 is 27.7 Å². The summed E-state index contributed by atoms with van der Waals surface area (Å²) in [7, 11) is 0. The molecule has 2 heterocycles. The van der Waals surface area contributed by atoms with Gasteiger partial charge in [-0.25, -0.2) is 0 Å². The van der Waals surface area contributed by atoms with Crippen molar-refractivity contribution in [3.05, 3.63) is 27.7 Å². The molecule has 0 saturated carbocycles. The topological polar surface area (TPSA) is 21.3 Å². The van der Waals surface area contributed by atoms with E-state index in [0.29, 0.717) is 6.04 Å². The molecule has 92 valence electrons. The second-order valence-electron chi connectivity index (χ2n) is 4.59. The second-order valence-corrected chi connectivity index (χ2v) is 6.66. The number of nitrogens with one attached hydrogen (secondary N) is 1. The number of rotatable bonds is 3. The van der Waals surface area contributed by atoms with Gasteiger partial charge in [0, 0.05) is 34.8 Å². The molecule has 1 aromatic carbocycles. The van der Waals surface area contributed by atoms with Gasteiger partial charge in [-0.05, 0) is 29.9 Å². The average molecular weight is 314 g/mol. The van der Waals surface area contributed by atoms with Crippen molar-refractivity contribution in [1.82, 2.24) is 5.32 Å². The van der Waals surface area contributed by atoms with Crippen LogP contribution in [0.5, 0.6) is 5.75 Å². The molecule has 1 unspecified atom stereocenters. The molecule has 0 amide bonds. The second kappa shape index (κ2) is 5.21. The molecule has 0 aromatic heterocycles. The Balaban J connectivity index is 1.73. The smallest absolute Gasteiger partial charge is 0.127 e. The molecule has 2 nitrogen and oxygen atoms in total. The van der Waals surface area contributed by atoms with Crippen molar-refractivity contribution < 1.29 is 4.74 Å². The fraction of sp³-hybridized carbons (Fsp3) is 0.538. The van der Waals surface area contributed by atoms with Crippen molar-refractivity contribution in [2.75, 3.05) is 18.1 Å². The highest BCUT2D eigenvalue weighted by atomic mass is 79.9. The molecule has 1 fully saturated rings. The summed E-state index contributed by atoms with van der Waals surface area (Å²) in [5.41, 5.74) is 2.64. The van der Waals surface area contributed by atoms with Crippen molar-refractivity contribution in [2.24, 2.45) is 0 Å². The summed E-state index contributed by atoms with van der Waals surface area (Å²) in [6.07, 6.45) is 2.34. The van der Waals surface area contributed by atoms with Crippen LogP contribution in [0.2, 0.25) is 0 Å². The third-order valence-corrected chi connectivity index (χ3v) is 4.96. The van der Waals surface area contributed by atoms with E-state index in [9.17, 15) is 0 Å². The first-order valence-corrected chi connectivity index (χ1v) is 8.03. The first kappa shape index (κ1) is 11.9. The minimum Gasteiger partial charge on any atom is -0.493 e. The predicted molar refractivity (Wildman–Crippen MR) is 75.9 cm³/mol. The number of hydrogen-bond acceptors (Lipinski definition) is 3. The summed E-state index contributed by atoms with van der Waals surface area (Å²) in [6, 6.07) is 5.03. The summed E-state index contributed by atoms with van der Waals surface area (Å²) in [4.78, 5) is 0. The van der Waals surface area contributed by atoms with Crippen LogP contribution >= 0.6 is 27.7 Å². The number of ether oxygens (including phenoxy) is 1. The van der Waals surface area contributed by atoms with Crippen LogP contribution in [0.15, 0.2) is 16.6 Å². The van der Waals surface area contributed by atoms with E-state index in [0.717, 1.165) is 25.3 Å². The first-order chi connectivity index (χ1) is 8.33. The fourth-order valence-electron chi connectivity index (χ4n) is 2.43. The number of benzene rings is 1. The highest BCUT2D eigenvalue weighted by Crippen LogP contribution is 2.33. The van der Waals surface area contributed by atoms with Gasteiger partial charge < -0.3 is 10.1 Å². The molecular formula is C13H16BrNOS. The number of halogens is 1. The summed E-state index contributed by atoms with van der Waals surface area (Å²) in [5.74, 6) is 3.66. The Morgan fingerprint density at radius 1 is 1.47 bits per heavy atom. The monoisotopic (exact) mass is 313 g/mol. The molecule has 4 heteroatoms. The van der Waals surface area contributed by atoms with E-state index in [1.807, 2.05) is 11.8 Å². The number of fused-ring (bicyclic) bond motifs is 1. The lowest BCUT2D eigenvalue weighted by Gasteiger charge is -2.14. The van der Waals surface area contributed by atoms with Gasteiger partial charge in [-0.1, -0.05) is 15.9 Å². The zero-order valence-corrected chi connectivity index (χ0v) is 12.1. The molecule has 2 aliphatic rings. The van der Waals surface area contributed by atoms with Gasteiger partial charge in [0.05, 0.1) is 6.61 Å². The standard InChI is InChI=1S/C13H16BrNOS/c14-11-5-9-1-3-16-13(9)10(6-11)7-15-12-2-4-17-8-12/h5-6,12,15H,1-4,7-8H2. The van der Waals surface area contributed by atoms with Gasteiger partial charge in [0.2, 0.25) is 0 Å². The Bertz CT molecular complexity index is 418. The Hall–Kier alpha value is -0.190.